The molecule has 42 heavy (non-hydrogen) atoms. The van der Waals surface area contributed by atoms with Gasteiger partial charge >= 0.3 is 6.18 Å². The number of allylic oxidation sites excluding steroid dienone is 3. The summed E-state index contributed by atoms with van der Waals surface area (Å²) in [5.74, 6) is 1.36. The van der Waals surface area contributed by atoms with E-state index in [-0.39, 0.29) is 5.92 Å². The Balaban J connectivity index is 1.50. The van der Waals surface area contributed by atoms with Gasteiger partial charge in [-0.1, -0.05) is 104 Å². The number of hydrogen-bond acceptors (Lipinski definition) is 4. The molecular weight excluding hydrogens is 577 g/mol. The fourth-order valence-corrected chi connectivity index (χ4v) is 5.96. The third-order valence-corrected chi connectivity index (χ3v) is 8.57. The molecule has 0 aromatic heterocycles. The highest BCUT2D eigenvalue weighted by atomic mass is 35.5. The zero-order valence-electron chi connectivity index (χ0n) is 24.0. The van der Waals surface area contributed by atoms with Crippen molar-refractivity contribution in [2.24, 2.45) is 5.92 Å². The second-order valence-corrected chi connectivity index (χ2v) is 12.0. The first-order valence-electron chi connectivity index (χ1n) is 14.3. The molecule has 2 atom stereocenters. The van der Waals surface area contributed by atoms with E-state index in [0.717, 1.165) is 40.0 Å². The Kier molecular flexibility index (Phi) is 11.9. The fraction of sp³-hybridized carbons (Fsp3) is 0.353. The predicted octanol–water partition coefficient (Wildman–Crippen LogP) is 9.26. The minimum atomic E-state index is -4.46. The first-order chi connectivity index (χ1) is 20.3. The van der Waals surface area contributed by atoms with Crippen LogP contribution in [0.2, 0.25) is 0 Å². The summed E-state index contributed by atoms with van der Waals surface area (Å²) < 4.78 is 50.5. The van der Waals surface area contributed by atoms with E-state index in [0.29, 0.717) is 32.7 Å². The molecule has 0 saturated carbocycles. The average molecular weight is 615 g/mol. The summed E-state index contributed by atoms with van der Waals surface area (Å²) >= 11 is 8.08. The second kappa shape index (κ2) is 15.6. The van der Waals surface area contributed by atoms with E-state index in [1.54, 1.807) is 18.0 Å². The van der Waals surface area contributed by atoms with Gasteiger partial charge in [-0.15, -0.1) is 11.6 Å². The molecule has 1 aliphatic carbocycles. The monoisotopic (exact) mass is 614 g/mol. The lowest BCUT2D eigenvalue weighted by atomic mass is 9.89. The Bertz CT molecular complexity index is 1280. The smallest absolute Gasteiger partial charge is 0.414 e. The number of rotatable bonds is 14. The van der Waals surface area contributed by atoms with E-state index < -0.39 is 23.0 Å². The number of alkyl halides is 4. The van der Waals surface area contributed by atoms with Gasteiger partial charge in [0.05, 0.1) is 17.6 Å². The number of aryl methyl sites for hydroxylation is 1. The molecule has 4 rings (SSSR count). The fourth-order valence-electron chi connectivity index (χ4n) is 5.16. The van der Waals surface area contributed by atoms with E-state index in [1.165, 1.54) is 6.08 Å². The van der Waals surface area contributed by atoms with Crippen LogP contribution in [0, 0.1) is 12.8 Å². The molecule has 0 aliphatic heterocycles. The zero-order valence-corrected chi connectivity index (χ0v) is 25.6. The Morgan fingerprint density at radius 2 is 1.67 bits per heavy atom. The molecule has 0 spiro atoms. The molecule has 0 saturated heterocycles. The molecule has 2 unspecified atom stereocenters. The van der Waals surface area contributed by atoms with Gasteiger partial charge in [0, 0.05) is 49.0 Å². The molecule has 3 aromatic rings. The Labute approximate surface area is 256 Å². The molecule has 3 aromatic carbocycles. The van der Waals surface area contributed by atoms with Crippen molar-refractivity contribution in [2.75, 3.05) is 36.7 Å². The van der Waals surface area contributed by atoms with Gasteiger partial charge in [-0.25, -0.2) is 0 Å². The molecule has 1 N–H and O–H groups in total. The third kappa shape index (κ3) is 9.06. The summed E-state index contributed by atoms with van der Waals surface area (Å²) in [5.41, 5.74) is 3.67. The number of benzene rings is 3. The quantitative estimate of drug-likeness (QED) is 0.111. The summed E-state index contributed by atoms with van der Waals surface area (Å²) in [4.78, 5) is 2.24. The highest BCUT2D eigenvalue weighted by Gasteiger charge is 2.41. The van der Waals surface area contributed by atoms with Gasteiger partial charge in [0.1, 0.15) is 5.75 Å². The van der Waals surface area contributed by atoms with Crippen molar-refractivity contribution in [2.45, 2.75) is 37.7 Å². The normalized spacial score (nSPS) is 17.0. The zero-order chi connectivity index (χ0) is 30.0. The number of anilines is 1. The van der Waals surface area contributed by atoms with Crippen LogP contribution in [0.5, 0.6) is 5.75 Å². The first-order valence-corrected chi connectivity index (χ1v) is 15.7. The number of halogens is 4. The van der Waals surface area contributed by atoms with Crippen LogP contribution in [-0.4, -0.2) is 48.4 Å². The molecule has 0 heterocycles. The molecule has 8 heteroatoms. The standard InChI is InChI=1S/C34H38ClF3N2OS/c1-3-42-39-29-19-18-25(2)32(22-29)41-21-11-20-40(23-28-16-10-17-31(33(28)35)34(36,37)38)24-30(26-12-6-4-7-13-26)27-14-8-5-9-15-27/h4-10,12-19,22,28,30,33,39H,3,11,20-21,23-24H2,1-2H3. The van der Waals surface area contributed by atoms with Crippen LogP contribution in [0.1, 0.15) is 36.0 Å². The highest BCUT2D eigenvalue weighted by molar-refractivity contribution is 8.00. The van der Waals surface area contributed by atoms with Gasteiger partial charge in [0.15, 0.2) is 0 Å². The van der Waals surface area contributed by atoms with Crippen LogP contribution in [0.3, 0.4) is 0 Å². The Morgan fingerprint density at radius 3 is 2.29 bits per heavy atom. The van der Waals surface area contributed by atoms with E-state index >= 15 is 0 Å². The van der Waals surface area contributed by atoms with E-state index in [2.05, 4.69) is 40.8 Å². The van der Waals surface area contributed by atoms with Crippen molar-refractivity contribution in [1.82, 2.24) is 4.90 Å². The van der Waals surface area contributed by atoms with E-state index in [9.17, 15) is 13.2 Å². The summed E-state index contributed by atoms with van der Waals surface area (Å²) in [6.45, 7) is 6.29. The first kappa shape index (κ1) is 32.1. The van der Waals surface area contributed by atoms with Crippen molar-refractivity contribution in [3.8, 4) is 5.75 Å². The van der Waals surface area contributed by atoms with Crippen LogP contribution in [-0.2, 0) is 0 Å². The van der Waals surface area contributed by atoms with Gasteiger partial charge < -0.3 is 14.4 Å². The molecule has 0 bridgehead atoms. The summed E-state index contributed by atoms with van der Waals surface area (Å²) in [6, 6.07) is 26.6. The number of ether oxygens (including phenoxy) is 1. The maximum Gasteiger partial charge on any atom is 0.414 e. The van der Waals surface area contributed by atoms with Crippen LogP contribution in [0.15, 0.2) is 103 Å². The van der Waals surface area contributed by atoms with Gasteiger partial charge in [-0.05, 0) is 36.1 Å². The molecule has 1 aliphatic rings. The van der Waals surface area contributed by atoms with E-state index in [4.69, 9.17) is 16.3 Å². The maximum absolute atomic E-state index is 13.7. The maximum atomic E-state index is 13.7. The van der Waals surface area contributed by atoms with Gasteiger partial charge in [0.2, 0.25) is 0 Å². The minimum Gasteiger partial charge on any atom is -0.493 e. The van der Waals surface area contributed by atoms with Crippen molar-refractivity contribution < 1.29 is 17.9 Å². The number of nitrogens with one attached hydrogen (secondary N) is 1. The topological polar surface area (TPSA) is 24.5 Å². The lowest BCUT2D eigenvalue weighted by Gasteiger charge is -2.34. The van der Waals surface area contributed by atoms with Crippen LogP contribution in [0.4, 0.5) is 18.9 Å². The molecule has 3 nitrogen and oxygen atoms in total. The third-order valence-electron chi connectivity index (χ3n) is 7.35. The molecular formula is C34H38ClF3N2OS. The van der Waals surface area contributed by atoms with Gasteiger partial charge in [0.25, 0.3) is 0 Å². The summed E-state index contributed by atoms with van der Waals surface area (Å²) in [5, 5.41) is -1.14. The lowest BCUT2D eigenvalue weighted by molar-refractivity contribution is -0.0947. The predicted molar refractivity (Wildman–Crippen MR) is 171 cm³/mol. The minimum absolute atomic E-state index is 0.0494. The average Bonchev–Trinajstić information content (AvgIpc) is 2.99. The molecule has 0 amide bonds. The number of nitrogens with zero attached hydrogens (tertiary/aromatic N) is 1. The second-order valence-electron chi connectivity index (χ2n) is 10.4. The van der Waals surface area contributed by atoms with Crippen molar-refractivity contribution in [3.05, 3.63) is 119 Å². The molecule has 224 valence electrons. The lowest BCUT2D eigenvalue weighted by Crippen LogP contribution is -2.39. The van der Waals surface area contributed by atoms with Gasteiger partial charge in [-0.2, -0.15) is 13.2 Å². The van der Waals surface area contributed by atoms with Crippen molar-refractivity contribution >= 4 is 29.2 Å². The van der Waals surface area contributed by atoms with Crippen LogP contribution < -0.4 is 9.46 Å². The number of hydrogen-bond donors (Lipinski definition) is 1. The van der Waals surface area contributed by atoms with Gasteiger partial charge in [-0.3, -0.25) is 0 Å². The largest absolute Gasteiger partial charge is 0.493 e. The van der Waals surface area contributed by atoms with Crippen LogP contribution >= 0.6 is 23.5 Å². The Hall–Kier alpha value is -2.87. The summed E-state index contributed by atoms with van der Waals surface area (Å²) in [6.07, 6.45) is 0.629. The Morgan fingerprint density at radius 1 is 1.00 bits per heavy atom. The SMILES string of the molecule is CCSNc1ccc(C)c(OCCCN(CC(c2ccccc2)c2ccccc2)CC2C=CC=C(C(F)(F)F)C2Cl)c1. The van der Waals surface area contributed by atoms with E-state index in [1.807, 2.05) is 61.5 Å². The van der Waals surface area contributed by atoms with Crippen LogP contribution in [0.25, 0.3) is 0 Å². The summed E-state index contributed by atoms with van der Waals surface area (Å²) in [7, 11) is 0. The van der Waals surface area contributed by atoms with Crippen molar-refractivity contribution in [3.63, 3.8) is 0 Å². The molecule has 0 fully saturated rings. The molecule has 0 radical (unpaired) electrons. The van der Waals surface area contributed by atoms with Crippen molar-refractivity contribution in [1.29, 1.82) is 0 Å². The highest BCUT2D eigenvalue weighted by Crippen LogP contribution is 2.37.